The Hall–Kier alpha value is -1.15. The summed E-state index contributed by atoms with van der Waals surface area (Å²) < 4.78 is 0.504. The van der Waals surface area contributed by atoms with Gasteiger partial charge in [-0.2, -0.15) is 0 Å². The molecule has 1 aliphatic carbocycles. The van der Waals surface area contributed by atoms with E-state index in [0.717, 1.165) is 5.56 Å². The van der Waals surface area contributed by atoms with Crippen molar-refractivity contribution in [1.82, 2.24) is 0 Å². The summed E-state index contributed by atoms with van der Waals surface area (Å²) in [4.78, 5) is 12.5. The minimum Gasteiger partial charge on any atom is -0.259 e. The van der Waals surface area contributed by atoms with E-state index in [1.165, 1.54) is 32.1 Å². The van der Waals surface area contributed by atoms with Gasteiger partial charge in [-0.15, -0.1) is 0 Å². The Morgan fingerprint density at radius 1 is 1.06 bits per heavy atom. The Morgan fingerprint density at radius 2 is 1.65 bits per heavy atom. The van der Waals surface area contributed by atoms with Crippen molar-refractivity contribution in [1.29, 1.82) is 0 Å². The maximum atomic E-state index is 12.5. The fourth-order valence-corrected chi connectivity index (χ4v) is 2.81. The van der Waals surface area contributed by atoms with Gasteiger partial charge >= 0.3 is 5.91 Å². The number of hydrogen-bond acceptors (Lipinski definition) is 1. The summed E-state index contributed by atoms with van der Waals surface area (Å²) in [6.07, 6.45) is 6.25. The third-order valence-corrected chi connectivity index (χ3v) is 4.03. The summed E-state index contributed by atoms with van der Waals surface area (Å²) in [6, 6.07) is 10.2. The van der Waals surface area contributed by atoms with Crippen LogP contribution in [0.4, 0.5) is 0 Å². The first kappa shape index (κ1) is 12.3. The summed E-state index contributed by atoms with van der Waals surface area (Å²) in [7, 11) is 4.12. The highest BCUT2D eigenvalue weighted by Crippen LogP contribution is 2.27. The van der Waals surface area contributed by atoms with Crippen LogP contribution in [0.1, 0.15) is 42.5 Å². The lowest BCUT2D eigenvalue weighted by molar-refractivity contribution is -0.836. The number of carbonyl (C=O) groups is 1. The number of amides is 1. The molecule has 1 saturated carbocycles. The molecule has 0 aliphatic heterocycles. The third-order valence-electron chi connectivity index (χ3n) is 4.03. The van der Waals surface area contributed by atoms with Crippen molar-refractivity contribution in [2.75, 3.05) is 14.1 Å². The van der Waals surface area contributed by atoms with Gasteiger partial charge in [-0.25, -0.2) is 4.79 Å². The highest BCUT2D eigenvalue weighted by atomic mass is 16.2. The predicted octanol–water partition coefficient (Wildman–Crippen LogP) is 3.24. The van der Waals surface area contributed by atoms with Gasteiger partial charge in [-0.05, 0) is 37.8 Å². The minimum atomic E-state index is 0.248. The highest BCUT2D eigenvalue weighted by Gasteiger charge is 2.37. The molecule has 0 bridgehead atoms. The van der Waals surface area contributed by atoms with Crippen LogP contribution in [-0.2, 0) is 0 Å². The van der Waals surface area contributed by atoms with Crippen LogP contribution in [0.15, 0.2) is 30.3 Å². The standard InChI is InChI=1S/C15H22NO/c1-16(2,14-11-7-4-8-12-14)15(17)13-9-5-3-6-10-13/h3,5-6,9-10,14H,4,7-8,11-12H2,1-2H3/q+1. The Bertz CT molecular complexity index is 377. The molecule has 0 heterocycles. The average Bonchev–Trinajstić information content (AvgIpc) is 2.40. The van der Waals surface area contributed by atoms with Crippen molar-refractivity contribution < 1.29 is 9.28 Å². The molecule has 2 heteroatoms. The summed E-state index contributed by atoms with van der Waals surface area (Å²) in [5, 5.41) is 0. The van der Waals surface area contributed by atoms with Crippen LogP contribution in [0.2, 0.25) is 0 Å². The van der Waals surface area contributed by atoms with Crippen molar-refractivity contribution in [2.45, 2.75) is 38.1 Å². The lowest BCUT2D eigenvalue weighted by atomic mass is 9.92. The van der Waals surface area contributed by atoms with Gasteiger partial charge in [0.15, 0.2) is 0 Å². The molecule has 1 amide bonds. The second-order valence-electron chi connectivity index (χ2n) is 5.50. The van der Waals surface area contributed by atoms with Crippen molar-refractivity contribution in [2.24, 2.45) is 0 Å². The van der Waals surface area contributed by atoms with E-state index < -0.39 is 0 Å². The first-order valence-corrected chi connectivity index (χ1v) is 6.56. The van der Waals surface area contributed by atoms with E-state index in [1.807, 2.05) is 30.3 Å². The molecule has 17 heavy (non-hydrogen) atoms. The van der Waals surface area contributed by atoms with E-state index in [-0.39, 0.29) is 5.91 Å². The van der Waals surface area contributed by atoms with Crippen LogP contribution in [0, 0.1) is 0 Å². The van der Waals surface area contributed by atoms with Crippen molar-refractivity contribution in [3.05, 3.63) is 35.9 Å². The molecule has 1 fully saturated rings. The van der Waals surface area contributed by atoms with E-state index in [0.29, 0.717) is 10.5 Å². The maximum absolute atomic E-state index is 12.5. The number of rotatable bonds is 2. The number of hydrogen-bond donors (Lipinski definition) is 0. The van der Waals surface area contributed by atoms with Crippen LogP contribution in [-0.4, -0.2) is 30.5 Å². The van der Waals surface area contributed by atoms with Crippen LogP contribution in [0.25, 0.3) is 0 Å². The van der Waals surface area contributed by atoms with E-state index in [2.05, 4.69) is 14.1 Å². The number of nitrogens with zero attached hydrogens (tertiary/aromatic N) is 1. The summed E-state index contributed by atoms with van der Waals surface area (Å²) in [6.45, 7) is 0. The van der Waals surface area contributed by atoms with Gasteiger partial charge < -0.3 is 0 Å². The Morgan fingerprint density at radius 3 is 2.24 bits per heavy atom. The zero-order valence-electron chi connectivity index (χ0n) is 10.9. The Labute approximate surface area is 104 Å². The molecular weight excluding hydrogens is 210 g/mol. The number of carbonyl (C=O) groups excluding carboxylic acids is 1. The maximum Gasteiger partial charge on any atom is 0.345 e. The summed E-state index contributed by atoms with van der Waals surface area (Å²) in [5.74, 6) is 0.248. The lowest BCUT2D eigenvalue weighted by Gasteiger charge is -2.37. The topological polar surface area (TPSA) is 17.1 Å². The molecule has 0 N–H and O–H groups in total. The second kappa shape index (κ2) is 5.01. The van der Waals surface area contributed by atoms with E-state index in [4.69, 9.17) is 0 Å². The van der Waals surface area contributed by atoms with Crippen molar-refractivity contribution in [3.8, 4) is 0 Å². The molecule has 2 nitrogen and oxygen atoms in total. The van der Waals surface area contributed by atoms with Crippen LogP contribution in [0.3, 0.4) is 0 Å². The van der Waals surface area contributed by atoms with Gasteiger partial charge in [0.2, 0.25) is 0 Å². The third kappa shape index (κ3) is 2.58. The molecule has 0 atom stereocenters. The van der Waals surface area contributed by atoms with E-state index >= 15 is 0 Å². The normalized spacial score (nSPS) is 18.0. The zero-order chi connectivity index (χ0) is 12.3. The predicted molar refractivity (Wildman–Crippen MR) is 69.8 cm³/mol. The first-order chi connectivity index (χ1) is 8.12. The minimum absolute atomic E-state index is 0.248. The number of benzene rings is 1. The molecule has 92 valence electrons. The molecule has 1 aromatic carbocycles. The molecule has 0 saturated heterocycles. The van der Waals surface area contributed by atoms with Crippen molar-refractivity contribution in [3.63, 3.8) is 0 Å². The molecule has 0 unspecified atom stereocenters. The molecule has 1 aliphatic rings. The van der Waals surface area contributed by atoms with Gasteiger partial charge in [0, 0.05) is 0 Å². The number of quaternary nitrogens is 1. The van der Waals surface area contributed by atoms with Gasteiger partial charge in [0.1, 0.15) is 0 Å². The molecular formula is C15H22NO+. The fraction of sp³-hybridized carbons (Fsp3) is 0.533. The van der Waals surface area contributed by atoms with Gasteiger partial charge in [-0.1, -0.05) is 24.6 Å². The fourth-order valence-electron chi connectivity index (χ4n) is 2.81. The highest BCUT2D eigenvalue weighted by molar-refractivity contribution is 5.88. The van der Waals surface area contributed by atoms with E-state index in [1.54, 1.807) is 0 Å². The second-order valence-corrected chi connectivity index (χ2v) is 5.50. The molecule has 0 aromatic heterocycles. The first-order valence-electron chi connectivity index (χ1n) is 6.56. The Kier molecular flexibility index (Phi) is 3.63. The summed E-state index contributed by atoms with van der Waals surface area (Å²) in [5.41, 5.74) is 0.836. The van der Waals surface area contributed by atoms with Crippen LogP contribution in [0.5, 0.6) is 0 Å². The zero-order valence-corrected chi connectivity index (χ0v) is 10.9. The monoisotopic (exact) mass is 232 g/mol. The molecule has 2 rings (SSSR count). The van der Waals surface area contributed by atoms with Crippen LogP contribution < -0.4 is 0 Å². The Balaban J connectivity index is 2.17. The largest absolute Gasteiger partial charge is 0.345 e. The summed E-state index contributed by atoms with van der Waals surface area (Å²) >= 11 is 0. The molecule has 0 spiro atoms. The van der Waals surface area contributed by atoms with Crippen molar-refractivity contribution >= 4 is 5.91 Å². The molecule has 1 aromatic rings. The van der Waals surface area contributed by atoms with Gasteiger partial charge in [-0.3, -0.25) is 4.48 Å². The molecule has 0 radical (unpaired) electrons. The quantitative estimate of drug-likeness (QED) is 0.715. The lowest BCUT2D eigenvalue weighted by Crippen LogP contribution is -2.53. The van der Waals surface area contributed by atoms with Gasteiger partial charge in [0.05, 0.1) is 25.7 Å². The average molecular weight is 232 g/mol. The van der Waals surface area contributed by atoms with Gasteiger partial charge in [0.25, 0.3) is 0 Å². The SMILES string of the molecule is C[N+](C)(C(=O)c1ccccc1)C1CCCCC1. The van der Waals surface area contributed by atoms with E-state index in [9.17, 15) is 4.79 Å². The van der Waals surface area contributed by atoms with Crippen LogP contribution >= 0.6 is 0 Å². The smallest absolute Gasteiger partial charge is 0.259 e.